The molecular weight excluding hydrogens is 260 g/mol. The average Bonchev–Trinajstić information content (AvgIpc) is 2.49. The lowest BCUT2D eigenvalue weighted by Crippen LogP contribution is -1.85. The van der Waals surface area contributed by atoms with E-state index in [9.17, 15) is 0 Å². The van der Waals surface area contributed by atoms with Crippen LogP contribution in [0.3, 0.4) is 0 Å². The summed E-state index contributed by atoms with van der Waals surface area (Å²) in [4.78, 5) is 0. The van der Waals surface area contributed by atoms with Crippen molar-refractivity contribution in [2.75, 3.05) is 5.73 Å². The monoisotopic (exact) mass is 266 g/mol. The van der Waals surface area contributed by atoms with E-state index in [0.717, 1.165) is 25.8 Å². The third-order valence-corrected chi connectivity index (χ3v) is 3.74. The predicted molar refractivity (Wildman–Crippen MR) is 63.3 cm³/mol. The Balaban J connectivity index is 2.69. The number of thiophene rings is 1. The lowest BCUT2D eigenvalue weighted by Gasteiger charge is -2.00. The topological polar surface area (TPSA) is 49.8 Å². The first kappa shape index (κ1) is 9.50. The molecular formula is C10H7BrN2S. The summed E-state index contributed by atoms with van der Waals surface area (Å²) in [6.07, 6.45) is 0.409. The van der Waals surface area contributed by atoms with Crippen molar-refractivity contribution in [3.63, 3.8) is 0 Å². The molecule has 1 aromatic carbocycles. The first-order valence-corrected chi connectivity index (χ1v) is 5.71. The highest BCUT2D eigenvalue weighted by atomic mass is 79.9. The van der Waals surface area contributed by atoms with E-state index in [-0.39, 0.29) is 0 Å². The molecule has 1 heterocycles. The van der Waals surface area contributed by atoms with Crippen LogP contribution in [0, 0.1) is 11.3 Å². The largest absolute Gasteiger partial charge is 0.398 e. The molecule has 2 rings (SSSR count). The summed E-state index contributed by atoms with van der Waals surface area (Å²) in [5.41, 5.74) is 7.58. The third kappa shape index (κ3) is 1.49. The van der Waals surface area contributed by atoms with Crippen molar-refractivity contribution in [1.29, 1.82) is 5.26 Å². The molecule has 0 saturated carbocycles. The van der Waals surface area contributed by atoms with E-state index >= 15 is 0 Å². The van der Waals surface area contributed by atoms with E-state index in [4.69, 9.17) is 11.0 Å². The fourth-order valence-electron chi connectivity index (χ4n) is 1.33. The summed E-state index contributed by atoms with van der Waals surface area (Å²) >= 11 is 5.06. The molecule has 2 nitrogen and oxygen atoms in total. The molecule has 2 aromatic rings. The van der Waals surface area contributed by atoms with E-state index in [1.165, 1.54) is 0 Å². The molecule has 70 valence electrons. The first-order valence-electron chi connectivity index (χ1n) is 4.04. The number of hydrogen-bond donors (Lipinski definition) is 1. The van der Waals surface area contributed by atoms with Gasteiger partial charge < -0.3 is 5.73 Å². The van der Waals surface area contributed by atoms with Gasteiger partial charge in [0.2, 0.25) is 0 Å². The van der Waals surface area contributed by atoms with Crippen LogP contribution >= 0.6 is 27.3 Å². The second kappa shape index (κ2) is 3.60. The van der Waals surface area contributed by atoms with Crippen LogP contribution in [0.15, 0.2) is 22.0 Å². The molecule has 0 atom stereocenters. The van der Waals surface area contributed by atoms with E-state index in [1.807, 2.05) is 17.5 Å². The van der Waals surface area contributed by atoms with E-state index < -0.39 is 0 Å². The summed E-state index contributed by atoms with van der Waals surface area (Å²) in [7, 11) is 0. The van der Waals surface area contributed by atoms with E-state index in [1.54, 1.807) is 11.3 Å². The average molecular weight is 267 g/mol. The maximum absolute atomic E-state index is 8.64. The molecule has 0 radical (unpaired) electrons. The Morgan fingerprint density at radius 2 is 2.29 bits per heavy atom. The lowest BCUT2D eigenvalue weighted by atomic mass is 10.1. The molecule has 0 fully saturated rings. The smallest absolute Gasteiger partial charge is 0.0670 e. The highest BCUT2D eigenvalue weighted by molar-refractivity contribution is 9.10. The molecule has 0 aliphatic rings. The number of nitrogens with zero attached hydrogens (tertiary/aromatic N) is 1. The van der Waals surface area contributed by atoms with Gasteiger partial charge in [0.15, 0.2) is 0 Å². The molecule has 0 aliphatic heterocycles. The number of nitriles is 1. The Morgan fingerprint density at radius 3 is 3.00 bits per heavy atom. The Labute approximate surface area is 94.1 Å². The summed E-state index contributed by atoms with van der Waals surface area (Å²) in [6, 6.07) is 6.13. The Morgan fingerprint density at radius 1 is 1.50 bits per heavy atom. The zero-order valence-corrected chi connectivity index (χ0v) is 9.65. The van der Waals surface area contributed by atoms with Crippen molar-refractivity contribution < 1.29 is 0 Å². The molecule has 1 aromatic heterocycles. The number of anilines is 1. The van der Waals surface area contributed by atoms with Crippen LogP contribution in [0.25, 0.3) is 10.1 Å². The second-order valence-corrected chi connectivity index (χ2v) is 4.73. The molecule has 0 unspecified atom stereocenters. The van der Waals surface area contributed by atoms with Crippen molar-refractivity contribution in [2.45, 2.75) is 6.42 Å². The van der Waals surface area contributed by atoms with E-state index in [2.05, 4.69) is 22.0 Å². The molecule has 0 saturated heterocycles. The van der Waals surface area contributed by atoms with Crippen LogP contribution in [-0.2, 0) is 6.42 Å². The fraction of sp³-hybridized carbons (Fsp3) is 0.100. The maximum atomic E-state index is 8.64. The van der Waals surface area contributed by atoms with Gasteiger partial charge in [0.05, 0.1) is 18.2 Å². The lowest BCUT2D eigenvalue weighted by molar-refractivity contribution is 1.26. The zero-order chi connectivity index (χ0) is 10.1. The predicted octanol–water partition coefficient (Wildman–Crippen LogP) is 3.31. The highest BCUT2D eigenvalue weighted by Crippen LogP contribution is 2.32. The van der Waals surface area contributed by atoms with E-state index in [0.29, 0.717) is 6.42 Å². The minimum atomic E-state index is 0.409. The quantitative estimate of drug-likeness (QED) is 0.861. The normalized spacial score (nSPS) is 10.3. The molecule has 0 bridgehead atoms. The molecule has 4 heteroatoms. The number of nitrogens with two attached hydrogens (primary N) is 1. The molecule has 14 heavy (non-hydrogen) atoms. The number of fused-ring (bicyclic) bond motifs is 1. The van der Waals surface area contributed by atoms with Crippen LogP contribution in [0.1, 0.15) is 5.56 Å². The number of halogens is 1. The van der Waals surface area contributed by atoms with Gasteiger partial charge in [-0.2, -0.15) is 5.26 Å². The van der Waals surface area contributed by atoms with Gasteiger partial charge in [-0.1, -0.05) is 15.9 Å². The Bertz CT molecular complexity index is 525. The van der Waals surface area contributed by atoms with Gasteiger partial charge in [0.25, 0.3) is 0 Å². The first-order chi connectivity index (χ1) is 6.72. The van der Waals surface area contributed by atoms with Gasteiger partial charge >= 0.3 is 0 Å². The van der Waals surface area contributed by atoms with Crippen LogP contribution in [0.5, 0.6) is 0 Å². The van der Waals surface area contributed by atoms with Crippen molar-refractivity contribution in [2.24, 2.45) is 0 Å². The van der Waals surface area contributed by atoms with Crippen LogP contribution in [0.4, 0.5) is 5.69 Å². The fourth-order valence-corrected chi connectivity index (χ4v) is 2.84. The van der Waals surface area contributed by atoms with Gasteiger partial charge in [0, 0.05) is 19.9 Å². The third-order valence-electron chi connectivity index (χ3n) is 2.04. The number of benzene rings is 1. The minimum absolute atomic E-state index is 0.409. The summed E-state index contributed by atoms with van der Waals surface area (Å²) in [6.45, 7) is 0. The SMILES string of the molecule is N#CCc1cc2c(N)csc2cc1Br. The standard InChI is InChI=1S/C10H7BrN2S/c11-8-4-10-7(9(13)5-14-10)3-6(8)1-2-12/h3-5H,1,13H2. The van der Waals surface area contributed by atoms with Crippen LogP contribution in [0.2, 0.25) is 0 Å². The zero-order valence-electron chi connectivity index (χ0n) is 7.25. The molecule has 0 amide bonds. The van der Waals surface area contributed by atoms with Crippen LogP contribution in [-0.4, -0.2) is 0 Å². The summed E-state index contributed by atoms with van der Waals surface area (Å²) in [5, 5.41) is 11.6. The number of hydrogen-bond acceptors (Lipinski definition) is 3. The van der Waals surface area contributed by atoms with Crippen LogP contribution < -0.4 is 5.73 Å². The molecule has 2 N–H and O–H groups in total. The maximum Gasteiger partial charge on any atom is 0.0670 e. The van der Waals surface area contributed by atoms with Crippen molar-refractivity contribution >= 4 is 43.0 Å². The van der Waals surface area contributed by atoms with Crippen molar-refractivity contribution in [1.82, 2.24) is 0 Å². The van der Waals surface area contributed by atoms with Gasteiger partial charge in [-0.05, 0) is 17.7 Å². The highest BCUT2D eigenvalue weighted by Gasteiger charge is 2.06. The second-order valence-electron chi connectivity index (χ2n) is 2.97. The molecule has 0 aliphatic carbocycles. The molecule has 0 spiro atoms. The van der Waals surface area contributed by atoms with Gasteiger partial charge in [-0.3, -0.25) is 0 Å². The van der Waals surface area contributed by atoms with Crippen molar-refractivity contribution in [3.05, 3.63) is 27.5 Å². The summed E-state index contributed by atoms with van der Waals surface area (Å²) < 4.78 is 2.13. The Hall–Kier alpha value is -1.05. The van der Waals surface area contributed by atoms with Gasteiger partial charge in [0.1, 0.15) is 0 Å². The Kier molecular flexibility index (Phi) is 2.44. The van der Waals surface area contributed by atoms with Gasteiger partial charge in [-0.25, -0.2) is 0 Å². The van der Waals surface area contributed by atoms with Gasteiger partial charge in [-0.15, -0.1) is 11.3 Å². The van der Waals surface area contributed by atoms with Crippen molar-refractivity contribution in [3.8, 4) is 6.07 Å². The number of rotatable bonds is 1. The number of nitrogen functional groups attached to an aromatic ring is 1. The minimum Gasteiger partial charge on any atom is -0.398 e. The summed E-state index contributed by atoms with van der Waals surface area (Å²) in [5.74, 6) is 0.